The van der Waals surface area contributed by atoms with Crippen LogP contribution in [0, 0.1) is 11.3 Å². The van der Waals surface area contributed by atoms with Gasteiger partial charge >= 0.3 is 0 Å². The molecule has 0 bridgehead atoms. The highest BCUT2D eigenvalue weighted by molar-refractivity contribution is 5.77. The Morgan fingerprint density at radius 1 is 0.625 bits per heavy atom. The van der Waals surface area contributed by atoms with Crippen molar-refractivity contribution in [3.63, 3.8) is 0 Å². The van der Waals surface area contributed by atoms with Crippen LogP contribution in [0.3, 0.4) is 0 Å². The van der Waals surface area contributed by atoms with Crippen LogP contribution in [-0.2, 0) is 0 Å². The van der Waals surface area contributed by atoms with E-state index >= 15 is 0 Å². The Morgan fingerprint density at radius 2 is 0.938 bits per heavy atom. The molecule has 0 unspecified atom stereocenters. The summed E-state index contributed by atoms with van der Waals surface area (Å²) in [6.07, 6.45) is 5.93. The monoisotopic (exact) mass is 427 g/mol. The van der Waals surface area contributed by atoms with Crippen LogP contribution in [0.25, 0.3) is 0 Å². The van der Waals surface area contributed by atoms with Crippen LogP contribution < -0.4 is 9.80 Å². The van der Waals surface area contributed by atoms with Gasteiger partial charge in [0.05, 0.1) is 23.5 Å². The van der Waals surface area contributed by atoms with Crippen LogP contribution in [-0.4, -0.2) is 0 Å². The minimum absolute atomic E-state index is 0.378. The van der Waals surface area contributed by atoms with Crippen molar-refractivity contribution in [1.82, 2.24) is 0 Å². The zero-order valence-electron chi connectivity index (χ0n) is 20.8. The van der Waals surface area contributed by atoms with Crippen molar-refractivity contribution >= 4 is 11.4 Å². The molecule has 2 aromatic rings. The molecule has 0 N–H and O–H groups in total. The molecule has 0 saturated carbocycles. The zero-order chi connectivity index (χ0) is 23.6. The second kappa shape index (κ2) is 9.65. The highest BCUT2D eigenvalue weighted by Crippen LogP contribution is 2.44. The number of allylic oxidation sites excluding steroid dienone is 1. The first-order chi connectivity index (χ1) is 15.2. The van der Waals surface area contributed by atoms with E-state index in [9.17, 15) is 5.26 Å². The largest absolute Gasteiger partial charge is 0.300 e. The Balaban J connectivity index is 2.25. The Hall–Kier alpha value is -2.99. The van der Waals surface area contributed by atoms with Gasteiger partial charge in [-0.25, -0.2) is 0 Å². The molecular formula is C29H37N3. The van der Waals surface area contributed by atoms with Crippen molar-refractivity contribution in [3.8, 4) is 6.07 Å². The summed E-state index contributed by atoms with van der Waals surface area (Å²) in [6, 6.07) is 15.5. The van der Waals surface area contributed by atoms with Crippen molar-refractivity contribution in [2.75, 3.05) is 9.80 Å². The number of hydrogen-bond acceptors (Lipinski definition) is 3. The SMILES string of the molecule is CC(C)c1cccc(C(C)C)c1N1C=CN(c2c(C(C)C)cccc2C(C)C)C1=CC#N. The second-order valence-electron chi connectivity index (χ2n) is 9.86. The van der Waals surface area contributed by atoms with Gasteiger partial charge in [0.1, 0.15) is 5.82 Å². The molecule has 0 atom stereocenters. The van der Waals surface area contributed by atoms with Gasteiger partial charge in [-0.1, -0.05) is 91.8 Å². The fraction of sp³-hybridized carbons (Fsp3) is 0.414. The molecule has 1 heterocycles. The molecule has 0 aromatic heterocycles. The summed E-state index contributed by atoms with van der Waals surface area (Å²) in [7, 11) is 0. The lowest BCUT2D eigenvalue weighted by molar-refractivity contribution is 0.820. The van der Waals surface area contributed by atoms with Crippen molar-refractivity contribution < 1.29 is 0 Å². The molecule has 0 aliphatic carbocycles. The third-order valence-corrected chi connectivity index (χ3v) is 6.22. The van der Waals surface area contributed by atoms with Gasteiger partial charge in [0.15, 0.2) is 0 Å². The lowest BCUT2D eigenvalue weighted by atomic mass is 9.91. The molecule has 0 fully saturated rings. The molecule has 0 radical (unpaired) electrons. The molecule has 2 aromatic carbocycles. The van der Waals surface area contributed by atoms with E-state index in [4.69, 9.17) is 0 Å². The first-order valence-electron chi connectivity index (χ1n) is 11.8. The van der Waals surface area contributed by atoms with Crippen LogP contribution >= 0.6 is 0 Å². The van der Waals surface area contributed by atoms with Gasteiger partial charge in [-0.05, 0) is 45.9 Å². The number of para-hydroxylation sites is 2. The third-order valence-electron chi connectivity index (χ3n) is 6.22. The van der Waals surface area contributed by atoms with Crippen LogP contribution in [0.15, 0.2) is 60.7 Å². The Bertz CT molecular complexity index is 936. The summed E-state index contributed by atoms with van der Waals surface area (Å²) < 4.78 is 0. The maximum Gasteiger partial charge on any atom is 0.132 e. The predicted octanol–water partition coefficient (Wildman–Crippen LogP) is 8.34. The summed E-state index contributed by atoms with van der Waals surface area (Å²) in [5.74, 6) is 2.40. The standard InChI is InChI=1S/C29H37N3/c1-19(2)23-11-9-12-24(20(3)4)28(23)31-17-18-32(27(31)15-16-30)29-25(21(5)6)13-10-14-26(29)22(7)8/h9-15,17-22H,1-8H3. The second-order valence-corrected chi connectivity index (χ2v) is 9.86. The average molecular weight is 428 g/mol. The van der Waals surface area contributed by atoms with E-state index in [-0.39, 0.29) is 0 Å². The summed E-state index contributed by atoms with van der Waals surface area (Å²) in [4.78, 5) is 4.43. The quantitative estimate of drug-likeness (QED) is 0.434. The zero-order valence-corrected chi connectivity index (χ0v) is 20.8. The first-order valence-corrected chi connectivity index (χ1v) is 11.8. The van der Waals surface area contributed by atoms with Crippen molar-refractivity contribution in [2.45, 2.75) is 79.1 Å². The van der Waals surface area contributed by atoms with Gasteiger partial charge in [-0.3, -0.25) is 0 Å². The van der Waals surface area contributed by atoms with Crippen molar-refractivity contribution in [1.29, 1.82) is 5.26 Å². The summed E-state index contributed by atoms with van der Waals surface area (Å²) in [5.41, 5.74) is 7.60. The summed E-state index contributed by atoms with van der Waals surface area (Å²) in [5, 5.41) is 9.76. The molecule has 0 spiro atoms. The molecule has 1 aliphatic rings. The summed E-state index contributed by atoms with van der Waals surface area (Å²) >= 11 is 0. The molecular weight excluding hydrogens is 390 g/mol. The Labute approximate surface area is 194 Å². The normalized spacial score (nSPS) is 13.8. The topological polar surface area (TPSA) is 30.3 Å². The average Bonchev–Trinajstić information content (AvgIpc) is 3.15. The van der Waals surface area contributed by atoms with E-state index in [0.717, 1.165) is 5.82 Å². The van der Waals surface area contributed by atoms with E-state index in [2.05, 4.69) is 120 Å². The molecule has 0 saturated heterocycles. The number of benzene rings is 2. The van der Waals surface area contributed by atoms with Gasteiger partial charge in [0.2, 0.25) is 0 Å². The van der Waals surface area contributed by atoms with Crippen LogP contribution in [0.1, 0.15) is 101 Å². The van der Waals surface area contributed by atoms with E-state index in [1.165, 1.54) is 33.6 Å². The molecule has 168 valence electrons. The smallest absolute Gasteiger partial charge is 0.132 e. The van der Waals surface area contributed by atoms with Gasteiger partial charge in [0.25, 0.3) is 0 Å². The number of nitrogens with zero attached hydrogens (tertiary/aromatic N) is 3. The fourth-order valence-corrected chi connectivity index (χ4v) is 4.56. The number of rotatable bonds is 6. The lowest BCUT2D eigenvalue weighted by Gasteiger charge is -2.32. The fourth-order valence-electron chi connectivity index (χ4n) is 4.56. The summed E-state index contributed by atoms with van der Waals surface area (Å²) in [6.45, 7) is 17.9. The highest BCUT2D eigenvalue weighted by Gasteiger charge is 2.30. The molecule has 3 nitrogen and oxygen atoms in total. The minimum Gasteiger partial charge on any atom is -0.300 e. The Morgan fingerprint density at radius 3 is 1.19 bits per heavy atom. The van der Waals surface area contributed by atoms with Crippen LogP contribution in [0.5, 0.6) is 0 Å². The maximum absolute atomic E-state index is 9.76. The van der Waals surface area contributed by atoms with Gasteiger partial charge in [-0.15, -0.1) is 0 Å². The van der Waals surface area contributed by atoms with Crippen LogP contribution in [0.2, 0.25) is 0 Å². The minimum atomic E-state index is 0.378. The van der Waals surface area contributed by atoms with Crippen molar-refractivity contribution in [3.05, 3.63) is 82.9 Å². The maximum atomic E-state index is 9.76. The van der Waals surface area contributed by atoms with Gasteiger partial charge in [-0.2, -0.15) is 5.26 Å². The first kappa shape index (κ1) is 23.7. The van der Waals surface area contributed by atoms with E-state index < -0.39 is 0 Å². The number of hydrogen-bond donors (Lipinski definition) is 0. The third kappa shape index (κ3) is 4.32. The van der Waals surface area contributed by atoms with Gasteiger partial charge in [0, 0.05) is 12.4 Å². The predicted molar refractivity (Wildman–Crippen MR) is 137 cm³/mol. The van der Waals surface area contributed by atoms with Crippen molar-refractivity contribution in [2.24, 2.45) is 0 Å². The highest BCUT2D eigenvalue weighted by atomic mass is 15.4. The van der Waals surface area contributed by atoms with Crippen LogP contribution in [0.4, 0.5) is 11.4 Å². The molecule has 3 rings (SSSR count). The molecule has 32 heavy (non-hydrogen) atoms. The molecule has 3 heteroatoms. The number of nitriles is 1. The van der Waals surface area contributed by atoms with E-state index in [0.29, 0.717) is 23.7 Å². The Kier molecular flexibility index (Phi) is 7.14. The van der Waals surface area contributed by atoms with E-state index in [1.54, 1.807) is 6.08 Å². The number of anilines is 2. The van der Waals surface area contributed by atoms with Gasteiger partial charge < -0.3 is 9.80 Å². The van der Waals surface area contributed by atoms with E-state index in [1.807, 2.05) is 0 Å². The molecule has 0 amide bonds. The lowest BCUT2D eigenvalue weighted by Crippen LogP contribution is -2.26. The molecule has 1 aliphatic heterocycles.